The second kappa shape index (κ2) is 9.98. The number of amides is 1. The van der Waals surface area contributed by atoms with E-state index in [0.717, 1.165) is 6.42 Å². The minimum atomic E-state index is -0.433. The van der Waals surface area contributed by atoms with E-state index in [-0.39, 0.29) is 6.09 Å². The molecule has 0 spiro atoms. The van der Waals surface area contributed by atoms with Crippen molar-refractivity contribution in [3.05, 3.63) is 0 Å². The minimum Gasteiger partial charge on any atom is -0.444 e. The fourth-order valence-corrected chi connectivity index (χ4v) is 0.849. The lowest BCUT2D eigenvalue weighted by atomic mass is 10.2. The molecule has 17 heavy (non-hydrogen) atoms. The van der Waals surface area contributed by atoms with Crippen LogP contribution in [0.5, 0.6) is 0 Å². The van der Waals surface area contributed by atoms with E-state index in [9.17, 15) is 4.79 Å². The Morgan fingerprint density at radius 3 is 2.18 bits per heavy atom. The summed E-state index contributed by atoms with van der Waals surface area (Å²) >= 11 is 0. The van der Waals surface area contributed by atoms with Gasteiger partial charge in [0.25, 0.3) is 0 Å². The van der Waals surface area contributed by atoms with Gasteiger partial charge in [-0.25, -0.2) is 4.79 Å². The Kier molecular flexibility index (Phi) is 10.7. The first-order valence-corrected chi connectivity index (χ1v) is 5.56. The highest BCUT2D eigenvalue weighted by atomic mass is 16.6. The van der Waals surface area contributed by atoms with Crippen molar-refractivity contribution in [3.63, 3.8) is 0 Å². The molecule has 0 rings (SSSR count). The Labute approximate surface area is 105 Å². The summed E-state index contributed by atoms with van der Waals surface area (Å²) < 4.78 is 9.42. The summed E-state index contributed by atoms with van der Waals surface area (Å²) in [6, 6.07) is 0. The van der Waals surface area contributed by atoms with Crippen LogP contribution in [0.4, 0.5) is 4.79 Å². The van der Waals surface area contributed by atoms with Gasteiger partial charge in [0.1, 0.15) is 5.60 Å². The van der Waals surface area contributed by atoms with Crippen LogP contribution < -0.4 is 0 Å². The minimum absolute atomic E-state index is 0.297. The molecule has 100 valence electrons. The van der Waals surface area contributed by atoms with Gasteiger partial charge in [-0.2, -0.15) is 0 Å². The second-order valence-corrected chi connectivity index (χ2v) is 4.62. The number of nitrogens with zero attached hydrogens (tertiary/aromatic N) is 1. The maximum atomic E-state index is 11.4. The molecule has 0 unspecified atom stereocenters. The van der Waals surface area contributed by atoms with Gasteiger partial charge < -0.3 is 14.4 Å². The molecule has 0 saturated carbocycles. The molecule has 0 fully saturated rings. The predicted octanol–water partition coefficient (Wildman–Crippen LogP) is 2.53. The van der Waals surface area contributed by atoms with Crippen molar-refractivity contribution in [2.75, 3.05) is 27.8 Å². The number of methoxy groups -OCH3 is 1. The number of unbranched alkanes of at least 4 members (excludes halogenated alkanes) is 1. The summed E-state index contributed by atoms with van der Waals surface area (Å²) in [6.45, 7) is 6.18. The largest absolute Gasteiger partial charge is 0.444 e. The van der Waals surface area contributed by atoms with Crippen molar-refractivity contribution in [1.82, 2.24) is 4.90 Å². The van der Waals surface area contributed by atoms with Crippen molar-refractivity contribution in [3.8, 4) is 12.3 Å². The lowest BCUT2D eigenvalue weighted by Crippen LogP contribution is -2.34. The maximum Gasteiger partial charge on any atom is 0.410 e. The molecule has 0 saturated heterocycles. The van der Waals surface area contributed by atoms with Crippen LogP contribution >= 0.6 is 0 Å². The summed E-state index contributed by atoms with van der Waals surface area (Å²) in [4.78, 5) is 12.9. The van der Waals surface area contributed by atoms with E-state index in [1.54, 1.807) is 26.2 Å². The summed E-state index contributed by atoms with van der Waals surface area (Å²) in [7, 11) is 4.96. The van der Waals surface area contributed by atoms with E-state index in [4.69, 9.17) is 11.2 Å². The fraction of sp³-hybridized carbons (Fsp3) is 0.769. The van der Waals surface area contributed by atoms with Crippen molar-refractivity contribution in [2.24, 2.45) is 0 Å². The van der Waals surface area contributed by atoms with Crippen LogP contribution in [-0.4, -0.2) is 44.4 Å². The zero-order valence-corrected chi connectivity index (χ0v) is 11.9. The monoisotopic (exact) mass is 243 g/mol. The van der Waals surface area contributed by atoms with Gasteiger partial charge in [-0.3, -0.25) is 0 Å². The molecule has 0 bridgehead atoms. The second-order valence-electron chi connectivity index (χ2n) is 4.62. The Balaban J connectivity index is 0. The fourth-order valence-electron chi connectivity index (χ4n) is 0.849. The smallest absolute Gasteiger partial charge is 0.410 e. The highest BCUT2D eigenvalue weighted by molar-refractivity contribution is 5.67. The van der Waals surface area contributed by atoms with Crippen molar-refractivity contribution >= 4 is 6.09 Å². The van der Waals surface area contributed by atoms with E-state index >= 15 is 0 Å². The Morgan fingerprint density at radius 1 is 1.35 bits per heavy atom. The van der Waals surface area contributed by atoms with Gasteiger partial charge in [-0.15, -0.1) is 12.3 Å². The maximum absolute atomic E-state index is 11.4. The first kappa shape index (κ1) is 18.2. The van der Waals surface area contributed by atoms with E-state index in [0.29, 0.717) is 13.0 Å². The van der Waals surface area contributed by atoms with Crippen LogP contribution in [0.2, 0.25) is 0 Å². The number of terminal acetylenes is 1. The number of carbonyl (C=O) groups is 1. The lowest BCUT2D eigenvalue weighted by Gasteiger charge is -2.24. The standard InChI is InChI=1S/C11H19NO2.C2H6O/c1-6-7-8-9-12(5)10(13)14-11(2,3)4;1-3-2/h1H,7-9H2,2-5H3;1-2H3. The quantitative estimate of drug-likeness (QED) is 0.565. The first-order chi connectivity index (χ1) is 7.78. The van der Waals surface area contributed by atoms with Crippen LogP contribution in [0.1, 0.15) is 33.6 Å². The average molecular weight is 243 g/mol. The van der Waals surface area contributed by atoms with E-state index in [2.05, 4.69) is 10.7 Å². The normalized spacial score (nSPS) is 9.71. The van der Waals surface area contributed by atoms with Crippen LogP contribution in [0.15, 0.2) is 0 Å². The predicted molar refractivity (Wildman–Crippen MR) is 69.9 cm³/mol. The van der Waals surface area contributed by atoms with Crippen LogP contribution in [-0.2, 0) is 9.47 Å². The van der Waals surface area contributed by atoms with Crippen molar-refractivity contribution < 1.29 is 14.3 Å². The van der Waals surface area contributed by atoms with Gasteiger partial charge in [0.2, 0.25) is 0 Å². The van der Waals surface area contributed by atoms with Crippen molar-refractivity contribution in [2.45, 2.75) is 39.2 Å². The van der Waals surface area contributed by atoms with Gasteiger partial charge in [-0.1, -0.05) is 0 Å². The van der Waals surface area contributed by atoms with Gasteiger partial charge >= 0.3 is 6.09 Å². The topological polar surface area (TPSA) is 38.8 Å². The number of rotatable bonds is 3. The highest BCUT2D eigenvalue weighted by Crippen LogP contribution is 2.09. The molecule has 4 nitrogen and oxygen atoms in total. The van der Waals surface area contributed by atoms with Crippen LogP contribution in [0, 0.1) is 12.3 Å². The number of hydrogen-bond donors (Lipinski definition) is 0. The molecule has 0 heterocycles. The molecular weight excluding hydrogens is 218 g/mol. The molecule has 1 amide bonds. The number of carbonyl (C=O) groups excluding carboxylic acids is 1. The lowest BCUT2D eigenvalue weighted by molar-refractivity contribution is 0.0297. The third-order valence-electron chi connectivity index (χ3n) is 1.52. The van der Waals surface area contributed by atoms with E-state index in [1.165, 1.54) is 0 Å². The van der Waals surface area contributed by atoms with Gasteiger partial charge in [0, 0.05) is 34.2 Å². The molecule has 0 aromatic rings. The zero-order chi connectivity index (χ0) is 13.9. The SMILES string of the molecule is C#CCCCN(C)C(=O)OC(C)(C)C.COC. The van der Waals surface area contributed by atoms with E-state index < -0.39 is 5.60 Å². The third-order valence-corrected chi connectivity index (χ3v) is 1.52. The zero-order valence-electron chi connectivity index (χ0n) is 11.9. The molecule has 0 aliphatic heterocycles. The van der Waals surface area contributed by atoms with Gasteiger partial charge in [0.05, 0.1) is 0 Å². The summed E-state index contributed by atoms with van der Waals surface area (Å²) in [6.07, 6.45) is 6.31. The Hall–Kier alpha value is -1.21. The van der Waals surface area contributed by atoms with Crippen LogP contribution in [0.25, 0.3) is 0 Å². The Morgan fingerprint density at radius 2 is 1.82 bits per heavy atom. The molecule has 0 aliphatic rings. The molecule has 0 N–H and O–H groups in total. The first-order valence-electron chi connectivity index (χ1n) is 5.56. The molecule has 4 heteroatoms. The van der Waals surface area contributed by atoms with E-state index in [1.807, 2.05) is 20.8 Å². The van der Waals surface area contributed by atoms with Crippen molar-refractivity contribution in [1.29, 1.82) is 0 Å². The van der Waals surface area contributed by atoms with Gasteiger partial charge in [-0.05, 0) is 27.2 Å². The molecule has 0 aliphatic carbocycles. The molecule has 0 aromatic carbocycles. The summed E-state index contributed by atoms with van der Waals surface area (Å²) in [5.74, 6) is 2.53. The average Bonchev–Trinajstić information content (AvgIpc) is 2.16. The Bertz CT molecular complexity index is 238. The highest BCUT2D eigenvalue weighted by Gasteiger charge is 2.18. The number of ether oxygens (including phenoxy) is 2. The molecular formula is C13H25NO3. The molecule has 0 atom stereocenters. The summed E-state index contributed by atoms with van der Waals surface area (Å²) in [5, 5.41) is 0. The van der Waals surface area contributed by atoms with Gasteiger partial charge in [0.15, 0.2) is 0 Å². The molecule has 0 aromatic heterocycles. The van der Waals surface area contributed by atoms with Crippen LogP contribution in [0.3, 0.4) is 0 Å². The molecule has 0 radical (unpaired) electrons. The summed E-state index contributed by atoms with van der Waals surface area (Å²) in [5.41, 5.74) is -0.433. The number of hydrogen-bond acceptors (Lipinski definition) is 3. The third kappa shape index (κ3) is 14.8.